The summed E-state index contributed by atoms with van der Waals surface area (Å²) in [5.74, 6) is 0.762. The zero-order valence-corrected chi connectivity index (χ0v) is 19.6. The molecule has 0 saturated carbocycles. The number of hydrogen-bond acceptors (Lipinski definition) is 3. The summed E-state index contributed by atoms with van der Waals surface area (Å²) in [5.41, 5.74) is 3.62. The van der Waals surface area contributed by atoms with E-state index in [1.54, 1.807) is 13.2 Å². The van der Waals surface area contributed by atoms with Crippen molar-refractivity contribution in [3.63, 3.8) is 0 Å². The number of aryl methyl sites for hydroxylation is 1. The third-order valence-electron chi connectivity index (χ3n) is 4.61. The van der Waals surface area contributed by atoms with Gasteiger partial charge in [0.05, 0.1) is 6.04 Å². The van der Waals surface area contributed by atoms with Gasteiger partial charge in [0.1, 0.15) is 0 Å². The van der Waals surface area contributed by atoms with Gasteiger partial charge in [-0.25, -0.2) is 0 Å². The molecule has 3 rings (SSSR count). The van der Waals surface area contributed by atoms with E-state index in [2.05, 4.69) is 38.7 Å². The van der Waals surface area contributed by atoms with Gasteiger partial charge in [0.15, 0.2) is 5.96 Å². The van der Waals surface area contributed by atoms with Gasteiger partial charge in [-0.3, -0.25) is 14.7 Å². The van der Waals surface area contributed by atoms with Gasteiger partial charge in [0, 0.05) is 49.9 Å². The molecular weight excluding hydrogens is 499 g/mol. The molecule has 0 radical (unpaired) electrons. The maximum absolute atomic E-state index is 6.04. The minimum Gasteiger partial charge on any atom is -0.356 e. The van der Waals surface area contributed by atoms with Crippen LogP contribution in [0.2, 0.25) is 5.02 Å². The Balaban J connectivity index is 0.00000300. The highest BCUT2D eigenvalue weighted by atomic mass is 127. The van der Waals surface area contributed by atoms with Gasteiger partial charge in [-0.2, -0.15) is 5.10 Å². The summed E-state index contributed by atoms with van der Waals surface area (Å²) in [4.78, 5) is 8.47. The molecule has 1 atom stereocenters. The van der Waals surface area contributed by atoms with Crippen LogP contribution in [0, 0.1) is 6.92 Å². The molecule has 3 aromatic rings. The van der Waals surface area contributed by atoms with Crippen LogP contribution in [0.25, 0.3) is 0 Å². The Labute approximate surface area is 193 Å². The number of aromatic nitrogens is 3. The maximum atomic E-state index is 6.04. The van der Waals surface area contributed by atoms with Crippen molar-refractivity contribution in [2.75, 3.05) is 20.1 Å². The van der Waals surface area contributed by atoms with Crippen LogP contribution in [0.1, 0.15) is 22.7 Å². The fourth-order valence-corrected chi connectivity index (χ4v) is 3.15. The lowest BCUT2D eigenvalue weighted by Gasteiger charge is -2.21. The van der Waals surface area contributed by atoms with Crippen molar-refractivity contribution in [2.24, 2.45) is 4.99 Å². The van der Waals surface area contributed by atoms with E-state index >= 15 is 0 Å². The number of hydrogen-bond donors (Lipinski definition) is 2. The lowest BCUT2D eigenvalue weighted by molar-refractivity contribution is 0.511. The normalized spacial score (nSPS) is 12.2. The van der Waals surface area contributed by atoms with E-state index in [0.717, 1.165) is 29.5 Å². The summed E-state index contributed by atoms with van der Waals surface area (Å²) in [6, 6.07) is 11.9. The number of aliphatic imine (C=N–C) groups is 1. The highest BCUT2D eigenvalue weighted by Crippen LogP contribution is 2.19. The molecule has 0 amide bonds. The van der Waals surface area contributed by atoms with Crippen LogP contribution < -0.4 is 10.6 Å². The minimum absolute atomic E-state index is 0. The van der Waals surface area contributed by atoms with E-state index in [4.69, 9.17) is 11.6 Å². The van der Waals surface area contributed by atoms with Crippen molar-refractivity contribution in [3.05, 3.63) is 82.9 Å². The zero-order valence-electron chi connectivity index (χ0n) is 16.5. The molecule has 0 bridgehead atoms. The van der Waals surface area contributed by atoms with Crippen molar-refractivity contribution >= 4 is 41.5 Å². The van der Waals surface area contributed by atoms with Gasteiger partial charge in [-0.1, -0.05) is 23.7 Å². The number of guanidine groups is 1. The lowest BCUT2D eigenvalue weighted by atomic mass is 10.1. The van der Waals surface area contributed by atoms with Gasteiger partial charge in [-0.05, 0) is 54.3 Å². The monoisotopic (exact) mass is 524 g/mol. The number of benzene rings is 1. The summed E-state index contributed by atoms with van der Waals surface area (Å²) >= 11 is 6.04. The Hall–Kier alpha value is -2.13. The first-order valence-corrected chi connectivity index (χ1v) is 9.64. The predicted molar refractivity (Wildman–Crippen MR) is 129 cm³/mol. The van der Waals surface area contributed by atoms with Gasteiger partial charge in [0.25, 0.3) is 0 Å². The molecule has 0 fully saturated rings. The van der Waals surface area contributed by atoms with Crippen LogP contribution in [-0.4, -0.2) is 40.9 Å². The molecule has 2 aromatic heterocycles. The third-order valence-corrected chi connectivity index (χ3v) is 4.86. The first-order valence-electron chi connectivity index (χ1n) is 9.26. The fourth-order valence-electron chi connectivity index (χ4n) is 3.03. The van der Waals surface area contributed by atoms with Gasteiger partial charge >= 0.3 is 0 Å². The molecule has 29 heavy (non-hydrogen) atoms. The molecular formula is C21H26ClIN6. The summed E-state index contributed by atoms with van der Waals surface area (Å²) in [6.45, 7) is 3.52. The molecule has 6 nitrogen and oxygen atoms in total. The van der Waals surface area contributed by atoms with E-state index in [-0.39, 0.29) is 30.0 Å². The molecule has 0 spiro atoms. The summed E-state index contributed by atoms with van der Waals surface area (Å²) in [5, 5.41) is 11.9. The second-order valence-electron chi connectivity index (χ2n) is 6.49. The highest BCUT2D eigenvalue weighted by molar-refractivity contribution is 14.0. The number of pyridine rings is 1. The number of nitrogens with one attached hydrogen (secondary N) is 2. The van der Waals surface area contributed by atoms with Crippen molar-refractivity contribution in [1.29, 1.82) is 0 Å². The maximum Gasteiger partial charge on any atom is 0.191 e. The van der Waals surface area contributed by atoms with Gasteiger partial charge in [0.2, 0.25) is 0 Å². The molecule has 154 valence electrons. The zero-order chi connectivity index (χ0) is 19.8. The minimum atomic E-state index is 0. The smallest absolute Gasteiger partial charge is 0.191 e. The standard InChI is InChI=1S/C21H25ClN6.HI/c1-16-14-24-11-8-17(16)9-12-25-21(23-2)26-15-20(28-13-3-10-27-28)18-4-6-19(22)7-5-18;/h3-8,10-11,13-14,20H,9,12,15H2,1-2H3,(H2,23,25,26);1H. The molecule has 0 saturated heterocycles. The fraction of sp³-hybridized carbons (Fsp3) is 0.286. The second-order valence-corrected chi connectivity index (χ2v) is 6.92. The average Bonchev–Trinajstić information content (AvgIpc) is 3.24. The Morgan fingerprint density at radius 1 is 1.17 bits per heavy atom. The molecule has 8 heteroatoms. The molecule has 0 aliphatic heterocycles. The molecule has 2 N–H and O–H groups in total. The predicted octanol–water partition coefficient (Wildman–Crippen LogP) is 3.86. The number of halogens is 2. The first-order chi connectivity index (χ1) is 13.7. The van der Waals surface area contributed by atoms with Crippen molar-refractivity contribution < 1.29 is 0 Å². The molecule has 1 aromatic carbocycles. The van der Waals surface area contributed by atoms with E-state index in [9.17, 15) is 0 Å². The van der Waals surface area contributed by atoms with Gasteiger partial charge < -0.3 is 10.6 Å². The van der Waals surface area contributed by atoms with Crippen molar-refractivity contribution in [1.82, 2.24) is 25.4 Å². The topological polar surface area (TPSA) is 67.1 Å². The van der Waals surface area contributed by atoms with Gasteiger partial charge in [-0.15, -0.1) is 24.0 Å². The molecule has 2 heterocycles. The highest BCUT2D eigenvalue weighted by Gasteiger charge is 2.14. The van der Waals surface area contributed by atoms with Crippen molar-refractivity contribution in [2.45, 2.75) is 19.4 Å². The quantitative estimate of drug-likeness (QED) is 0.280. The van der Waals surface area contributed by atoms with E-state index in [1.165, 1.54) is 11.1 Å². The Kier molecular flexibility index (Phi) is 9.40. The number of rotatable bonds is 7. The average molecular weight is 525 g/mol. The molecule has 0 aliphatic carbocycles. The SMILES string of the molecule is CN=C(NCCc1ccncc1C)NCC(c1ccc(Cl)cc1)n1cccn1.I. The van der Waals surface area contributed by atoms with E-state index in [1.807, 2.05) is 53.6 Å². The van der Waals surface area contributed by atoms with E-state index in [0.29, 0.717) is 6.54 Å². The van der Waals surface area contributed by atoms with Crippen LogP contribution in [0.4, 0.5) is 0 Å². The van der Waals surface area contributed by atoms with Crippen LogP contribution in [0.15, 0.2) is 66.2 Å². The summed E-state index contributed by atoms with van der Waals surface area (Å²) in [7, 11) is 1.78. The summed E-state index contributed by atoms with van der Waals surface area (Å²) in [6.07, 6.45) is 8.38. The Bertz CT molecular complexity index is 896. The largest absolute Gasteiger partial charge is 0.356 e. The van der Waals surface area contributed by atoms with Crippen molar-refractivity contribution in [3.8, 4) is 0 Å². The lowest BCUT2D eigenvalue weighted by Crippen LogP contribution is -2.41. The second kappa shape index (κ2) is 11.8. The third kappa shape index (κ3) is 6.71. The van der Waals surface area contributed by atoms with Crippen LogP contribution in [0.3, 0.4) is 0 Å². The van der Waals surface area contributed by atoms with Crippen LogP contribution in [0.5, 0.6) is 0 Å². The van der Waals surface area contributed by atoms with Crippen LogP contribution >= 0.6 is 35.6 Å². The summed E-state index contributed by atoms with van der Waals surface area (Å²) < 4.78 is 1.93. The van der Waals surface area contributed by atoms with Crippen LogP contribution in [-0.2, 0) is 6.42 Å². The first kappa shape index (κ1) is 23.2. The molecule has 0 aliphatic rings. The van der Waals surface area contributed by atoms with E-state index < -0.39 is 0 Å². The Morgan fingerprint density at radius 2 is 1.97 bits per heavy atom. The Morgan fingerprint density at radius 3 is 2.62 bits per heavy atom. The molecule has 1 unspecified atom stereocenters. The number of nitrogens with zero attached hydrogens (tertiary/aromatic N) is 4.